The smallest absolute Gasteiger partial charge is 0.232 e. The highest BCUT2D eigenvalue weighted by Crippen LogP contribution is 2.23. The van der Waals surface area contributed by atoms with E-state index >= 15 is 0 Å². The van der Waals surface area contributed by atoms with Gasteiger partial charge in [0.15, 0.2) is 0 Å². The number of likely N-dealkylation sites (tertiary alicyclic amines) is 1. The van der Waals surface area contributed by atoms with E-state index in [0.717, 1.165) is 45.7 Å². The van der Waals surface area contributed by atoms with Gasteiger partial charge >= 0.3 is 0 Å². The maximum atomic E-state index is 12.2. The van der Waals surface area contributed by atoms with E-state index in [9.17, 15) is 9.90 Å². The summed E-state index contributed by atoms with van der Waals surface area (Å²) in [6, 6.07) is 0. The minimum atomic E-state index is 0.197. The Morgan fingerprint density at radius 2 is 1.95 bits per heavy atom. The summed E-state index contributed by atoms with van der Waals surface area (Å²) in [5.74, 6) is 1.53. The fourth-order valence-corrected chi connectivity index (χ4v) is 4.08. The van der Waals surface area contributed by atoms with Gasteiger partial charge in [0, 0.05) is 39.3 Å². The van der Waals surface area contributed by atoms with E-state index in [1.54, 1.807) is 11.8 Å². The Hall–Kier alpha value is -0.300. The van der Waals surface area contributed by atoms with E-state index in [2.05, 4.69) is 16.8 Å². The molecule has 22 heavy (non-hydrogen) atoms. The lowest BCUT2D eigenvalue weighted by Gasteiger charge is -2.39. The number of carbonyl (C=O) groups excluding carboxylic acids is 1. The highest BCUT2D eigenvalue weighted by atomic mass is 32.2. The molecule has 2 rings (SSSR count). The molecule has 6 heteroatoms. The third kappa shape index (κ3) is 5.41. The summed E-state index contributed by atoms with van der Waals surface area (Å²) in [5, 5.41) is 9.56. The van der Waals surface area contributed by atoms with E-state index in [-0.39, 0.29) is 18.4 Å². The van der Waals surface area contributed by atoms with Crippen molar-refractivity contribution in [3.05, 3.63) is 0 Å². The molecule has 0 aliphatic carbocycles. The highest BCUT2D eigenvalue weighted by Gasteiger charge is 2.30. The molecule has 2 atom stereocenters. The van der Waals surface area contributed by atoms with Crippen molar-refractivity contribution < 1.29 is 9.90 Å². The number of hydrogen-bond donors (Lipinski definition) is 1. The van der Waals surface area contributed by atoms with Crippen molar-refractivity contribution in [3.63, 3.8) is 0 Å². The molecule has 0 aromatic heterocycles. The van der Waals surface area contributed by atoms with Gasteiger partial charge in [0.25, 0.3) is 0 Å². The Bertz CT molecular complexity index is 356. The van der Waals surface area contributed by atoms with Gasteiger partial charge in [-0.2, -0.15) is 11.8 Å². The van der Waals surface area contributed by atoms with Crippen LogP contribution in [-0.2, 0) is 4.79 Å². The quantitative estimate of drug-likeness (QED) is 0.793. The summed E-state index contributed by atoms with van der Waals surface area (Å²) < 4.78 is 0. The van der Waals surface area contributed by atoms with Crippen LogP contribution < -0.4 is 0 Å². The second-order valence-electron chi connectivity index (χ2n) is 6.84. The highest BCUT2D eigenvalue weighted by molar-refractivity contribution is 7.99. The van der Waals surface area contributed by atoms with Gasteiger partial charge in [0.05, 0.1) is 5.75 Å². The summed E-state index contributed by atoms with van der Waals surface area (Å²) >= 11 is 1.58. The van der Waals surface area contributed by atoms with Crippen molar-refractivity contribution >= 4 is 17.7 Å². The fraction of sp³-hybridized carbons (Fsp3) is 0.938. The minimum Gasteiger partial charge on any atom is -0.396 e. The molecule has 128 valence electrons. The average Bonchev–Trinajstić information content (AvgIpc) is 2.72. The molecule has 2 heterocycles. The SMILES string of the molecule is CSCC(=O)N1C[C@@H](CO)C[C@@H](CN2CCCN(C)CC2)C1. The molecule has 0 saturated carbocycles. The number of aliphatic hydroxyl groups excluding tert-OH is 1. The van der Waals surface area contributed by atoms with Crippen LogP contribution in [0, 0.1) is 11.8 Å². The van der Waals surface area contributed by atoms with Crippen molar-refractivity contribution in [2.24, 2.45) is 11.8 Å². The summed E-state index contributed by atoms with van der Waals surface area (Å²) in [6.07, 6.45) is 4.24. The normalized spacial score (nSPS) is 28.6. The monoisotopic (exact) mass is 329 g/mol. The zero-order valence-corrected chi connectivity index (χ0v) is 14.9. The molecule has 2 aliphatic heterocycles. The summed E-state index contributed by atoms with van der Waals surface area (Å²) in [6.45, 7) is 7.44. The lowest BCUT2D eigenvalue weighted by Crippen LogP contribution is -2.48. The zero-order chi connectivity index (χ0) is 15.9. The minimum absolute atomic E-state index is 0.197. The number of nitrogens with zero attached hydrogens (tertiary/aromatic N) is 3. The summed E-state index contributed by atoms with van der Waals surface area (Å²) in [7, 11) is 2.19. The molecule has 0 radical (unpaired) electrons. The zero-order valence-electron chi connectivity index (χ0n) is 14.0. The van der Waals surface area contributed by atoms with Crippen LogP contribution in [-0.4, -0.2) is 97.2 Å². The third-order valence-corrected chi connectivity index (χ3v) is 5.37. The van der Waals surface area contributed by atoms with Crippen LogP contribution >= 0.6 is 11.8 Å². The van der Waals surface area contributed by atoms with Crippen LogP contribution in [0.25, 0.3) is 0 Å². The van der Waals surface area contributed by atoms with Gasteiger partial charge in [-0.15, -0.1) is 0 Å². The van der Waals surface area contributed by atoms with Gasteiger partial charge in [0.1, 0.15) is 0 Å². The van der Waals surface area contributed by atoms with Gasteiger partial charge in [0.2, 0.25) is 5.91 Å². The Kier molecular flexibility index (Phi) is 7.47. The maximum absolute atomic E-state index is 12.2. The van der Waals surface area contributed by atoms with Gasteiger partial charge in [-0.3, -0.25) is 4.79 Å². The first-order chi connectivity index (χ1) is 10.6. The molecule has 0 unspecified atom stereocenters. The molecular formula is C16H31N3O2S. The van der Waals surface area contributed by atoms with E-state index in [4.69, 9.17) is 0 Å². The molecule has 0 aromatic carbocycles. The van der Waals surface area contributed by atoms with Crippen molar-refractivity contribution in [3.8, 4) is 0 Å². The molecule has 2 fully saturated rings. The Morgan fingerprint density at radius 3 is 2.68 bits per heavy atom. The Labute approximate surface area is 139 Å². The number of likely N-dealkylation sites (N-methyl/N-ethyl adjacent to an activating group) is 1. The van der Waals surface area contributed by atoms with Gasteiger partial charge in [-0.05, 0) is 51.1 Å². The molecule has 0 spiro atoms. The van der Waals surface area contributed by atoms with E-state index in [1.807, 2.05) is 11.2 Å². The molecule has 0 aromatic rings. The topological polar surface area (TPSA) is 47.0 Å². The van der Waals surface area contributed by atoms with Crippen molar-refractivity contribution in [2.45, 2.75) is 12.8 Å². The second-order valence-corrected chi connectivity index (χ2v) is 7.71. The molecular weight excluding hydrogens is 298 g/mol. The first-order valence-corrected chi connectivity index (χ1v) is 9.80. The first kappa shape index (κ1) is 18.0. The Morgan fingerprint density at radius 1 is 1.18 bits per heavy atom. The number of thioether (sulfide) groups is 1. The molecule has 2 aliphatic rings. The van der Waals surface area contributed by atoms with Crippen LogP contribution in [0.15, 0.2) is 0 Å². The average molecular weight is 330 g/mol. The lowest BCUT2D eigenvalue weighted by atomic mass is 9.89. The maximum Gasteiger partial charge on any atom is 0.232 e. The van der Waals surface area contributed by atoms with Crippen LogP contribution in [0.1, 0.15) is 12.8 Å². The molecule has 1 N–H and O–H groups in total. The second kappa shape index (κ2) is 9.11. The van der Waals surface area contributed by atoms with Crippen molar-refractivity contribution in [1.82, 2.24) is 14.7 Å². The predicted molar refractivity (Wildman–Crippen MR) is 92.2 cm³/mol. The van der Waals surface area contributed by atoms with Gasteiger partial charge in [-0.25, -0.2) is 0 Å². The molecule has 0 bridgehead atoms. The number of rotatable bonds is 5. The van der Waals surface area contributed by atoms with E-state index in [1.165, 1.54) is 13.0 Å². The fourth-order valence-electron chi connectivity index (χ4n) is 3.65. The van der Waals surface area contributed by atoms with Gasteiger partial charge in [-0.1, -0.05) is 0 Å². The number of hydrogen-bond acceptors (Lipinski definition) is 5. The predicted octanol–water partition coefficient (Wildman–Crippen LogP) is 0.444. The summed E-state index contributed by atoms with van der Waals surface area (Å²) in [5.41, 5.74) is 0. The van der Waals surface area contributed by atoms with Crippen molar-refractivity contribution in [2.75, 3.05) is 71.5 Å². The van der Waals surface area contributed by atoms with Crippen LogP contribution in [0.5, 0.6) is 0 Å². The lowest BCUT2D eigenvalue weighted by molar-refractivity contribution is -0.131. The standard InChI is InChI=1S/C16H31N3O2S/c1-17-4-3-5-18(7-6-17)9-14-8-15(12-20)11-19(10-14)16(21)13-22-2/h14-15,20H,3-13H2,1-2H3/t14-,15-/m0/s1. The molecule has 5 nitrogen and oxygen atoms in total. The van der Waals surface area contributed by atoms with Crippen LogP contribution in [0.4, 0.5) is 0 Å². The van der Waals surface area contributed by atoms with Gasteiger partial charge < -0.3 is 19.8 Å². The van der Waals surface area contributed by atoms with Crippen LogP contribution in [0.2, 0.25) is 0 Å². The molecule has 2 saturated heterocycles. The number of aliphatic hydroxyl groups is 1. The van der Waals surface area contributed by atoms with E-state index < -0.39 is 0 Å². The number of piperidine rings is 1. The Balaban J connectivity index is 1.89. The first-order valence-electron chi connectivity index (χ1n) is 8.40. The largest absolute Gasteiger partial charge is 0.396 e. The number of carbonyl (C=O) groups is 1. The third-order valence-electron chi connectivity index (χ3n) is 4.83. The number of amides is 1. The van der Waals surface area contributed by atoms with Crippen molar-refractivity contribution in [1.29, 1.82) is 0 Å². The molecule has 1 amide bonds. The van der Waals surface area contributed by atoms with Crippen LogP contribution in [0.3, 0.4) is 0 Å². The summed E-state index contributed by atoms with van der Waals surface area (Å²) in [4.78, 5) is 19.1. The van der Waals surface area contributed by atoms with E-state index in [0.29, 0.717) is 11.7 Å².